The Morgan fingerprint density at radius 3 is 2.63 bits per heavy atom. The molecular formula is C31H33FN4O6S. The van der Waals surface area contributed by atoms with Crippen molar-refractivity contribution in [2.24, 2.45) is 0 Å². The predicted molar refractivity (Wildman–Crippen MR) is 157 cm³/mol. The van der Waals surface area contributed by atoms with Gasteiger partial charge in [-0.2, -0.15) is 0 Å². The highest BCUT2D eigenvalue weighted by atomic mass is 32.2. The van der Waals surface area contributed by atoms with Crippen molar-refractivity contribution in [2.75, 3.05) is 26.8 Å². The normalized spacial score (nSPS) is 18.3. The van der Waals surface area contributed by atoms with Crippen LogP contribution in [0.5, 0.6) is 5.88 Å². The lowest BCUT2D eigenvalue weighted by atomic mass is 9.93. The molecule has 2 unspecified atom stereocenters. The molecule has 2 fully saturated rings. The van der Waals surface area contributed by atoms with E-state index in [2.05, 4.69) is 9.47 Å². The summed E-state index contributed by atoms with van der Waals surface area (Å²) < 4.78 is 53.2. The zero-order valence-corrected chi connectivity index (χ0v) is 24.6. The summed E-state index contributed by atoms with van der Waals surface area (Å²) in [5, 5.41) is 0. The van der Waals surface area contributed by atoms with Gasteiger partial charge in [-0.3, -0.25) is 4.90 Å². The minimum atomic E-state index is -2.24. The van der Waals surface area contributed by atoms with Crippen molar-refractivity contribution in [1.82, 2.24) is 19.4 Å². The highest BCUT2D eigenvalue weighted by Gasteiger charge is 2.26. The van der Waals surface area contributed by atoms with Gasteiger partial charge in [0.2, 0.25) is 5.88 Å². The van der Waals surface area contributed by atoms with Gasteiger partial charge in [0.1, 0.15) is 18.2 Å². The van der Waals surface area contributed by atoms with Gasteiger partial charge in [0, 0.05) is 29.8 Å². The number of aromatic nitrogens is 3. The van der Waals surface area contributed by atoms with Crippen LogP contribution in [0, 0.1) is 5.82 Å². The van der Waals surface area contributed by atoms with Gasteiger partial charge in [0.15, 0.2) is 11.1 Å². The molecule has 6 rings (SSSR count). The Labute approximate surface area is 251 Å². The van der Waals surface area contributed by atoms with E-state index in [0.29, 0.717) is 24.5 Å². The number of benzene rings is 2. The Morgan fingerprint density at radius 2 is 1.93 bits per heavy atom. The van der Waals surface area contributed by atoms with Crippen molar-refractivity contribution in [3.8, 4) is 5.88 Å². The molecule has 0 aliphatic carbocycles. The van der Waals surface area contributed by atoms with E-state index in [1.54, 1.807) is 12.1 Å². The third-order valence-electron chi connectivity index (χ3n) is 8.15. The van der Waals surface area contributed by atoms with E-state index in [1.165, 1.54) is 19.2 Å². The molecule has 0 amide bonds. The van der Waals surface area contributed by atoms with Crippen LogP contribution in [0.4, 0.5) is 4.39 Å². The number of nitrogens with zero attached hydrogens (tertiary/aromatic N) is 4. The zero-order chi connectivity index (χ0) is 29.9. The summed E-state index contributed by atoms with van der Waals surface area (Å²) in [4.78, 5) is 24.2. The molecule has 0 saturated carbocycles. The minimum absolute atomic E-state index is 0.00467. The molecular weight excluding hydrogens is 575 g/mol. The van der Waals surface area contributed by atoms with Crippen LogP contribution in [-0.2, 0) is 40.3 Å². The van der Waals surface area contributed by atoms with Crippen LogP contribution in [0.2, 0.25) is 0 Å². The van der Waals surface area contributed by atoms with Crippen molar-refractivity contribution in [3.63, 3.8) is 0 Å². The summed E-state index contributed by atoms with van der Waals surface area (Å²) >= 11 is -2.24. The number of likely N-dealkylation sites (tertiary alicyclic amines) is 1. The first-order valence-electron chi connectivity index (χ1n) is 14.3. The fourth-order valence-corrected chi connectivity index (χ4v) is 5.99. The lowest BCUT2D eigenvalue weighted by molar-refractivity contribution is -0.0592. The number of carbonyl (C=O) groups is 1. The SMILES string of the molecule is COC(=O)c1ccc2nc(CN3CCC(c4cccc(OCc5ccc(S(=O)O)cc5F)n4)CC3)n(CC3CCO3)c2c1. The second-order valence-corrected chi connectivity index (χ2v) is 11.8. The average Bonchev–Trinajstić information content (AvgIpc) is 3.34. The summed E-state index contributed by atoms with van der Waals surface area (Å²) in [6, 6.07) is 15.0. The van der Waals surface area contributed by atoms with E-state index >= 15 is 0 Å². The minimum Gasteiger partial charge on any atom is -0.473 e. The number of hydrogen-bond donors (Lipinski definition) is 1. The zero-order valence-electron chi connectivity index (χ0n) is 23.8. The molecule has 10 nitrogen and oxygen atoms in total. The monoisotopic (exact) mass is 608 g/mol. The van der Waals surface area contributed by atoms with Crippen LogP contribution >= 0.6 is 0 Å². The maximum Gasteiger partial charge on any atom is 0.337 e. The Balaban J connectivity index is 1.10. The highest BCUT2D eigenvalue weighted by Crippen LogP contribution is 2.30. The number of imidazole rings is 1. The number of pyridine rings is 1. The van der Waals surface area contributed by atoms with Crippen molar-refractivity contribution < 1.29 is 32.2 Å². The van der Waals surface area contributed by atoms with E-state index in [0.717, 1.165) is 67.6 Å². The van der Waals surface area contributed by atoms with Gasteiger partial charge in [0.25, 0.3) is 0 Å². The summed E-state index contributed by atoms with van der Waals surface area (Å²) in [5.74, 6) is 0.655. The fourth-order valence-electron chi connectivity index (χ4n) is 5.60. The van der Waals surface area contributed by atoms with E-state index in [1.807, 2.05) is 24.3 Å². The number of hydrogen-bond acceptors (Lipinski definition) is 8. The van der Waals surface area contributed by atoms with Gasteiger partial charge in [-0.25, -0.2) is 23.4 Å². The van der Waals surface area contributed by atoms with Gasteiger partial charge in [-0.1, -0.05) is 12.1 Å². The molecule has 2 aromatic carbocycles. The van der Waals surface area contributed by atoms with Crippen LogP contribution in [0.25, 0.3) is 11.0 Å². The third-order valence-corrected chi connectivity index (χ3v) is 8.80. The molecule has 2 aliphatic rings. The number of carbonyl (C=O) groups excluding carboxylic acids is 1. The summed E-state index contributed by atoms with van der Waals surface area (Å²) in [6.07, 6.45) is 2.99. The lowest BCUT2D eigenvalue weighted by Crippen LogP contribution is -2.35. The van der Waals surface area contributed by atoms with E-state index in [4.69, 9.17) is 28.7 Å². The Bertz CT molecular complexity index is 1650. The highest BCUT2D eigenvalue weighted by molar-refractivity contribution is 7.79. The topological polar surface area (TPSA) is 116 Å². The van der Waals surface area contributed by atoms with Gasteiger partial charge < -0.3 is 23.3 Å². The molecule has 0 spiro atoms. The molecule has 2 aliphatic heterocycles. The molecule has 2 saturated heterocycles. The van der Waals surface area contributed by atoms with E-state index in [9.17, 15) is 13.4 Å². The molecule has 1 N–H and O–H groups in total. The maximum absolute atomic E-state index is 14.3. The Hall–Kier alpha value is -3.71. The number of halogens is 1. The second kappa shape index (κ2) is 12.9. The first-order valence-corrected chi connectivity index (χ1v) is 15.4. The average molecular weight is 609 g/mol. The van der Waals surface area contributed by atoms with Crippen LogP contribution < -0.4 is 4.74 Å². The van der Waals surface area contributed by atoms with E-state index in [-0.39, 0.29) is 35.1 Å². The number of esters is 1. The van der Waals surface area contributed by atoms with Crippen LogP contribution in [0.3, 0.4) is 0 Å². The van der Waals surface area contributed by atoms with Crippen molar-refractivity contribution >= 4 is 28.1 Å². The summed E-state index contributed by atoms with van der Waals surface area (Å²) in [6.45, 7) is 3.86. The predicted octanol–water partition coefficient (Wildman–Crippen LogP) is 4.69. The number of ether oxygens (including phenoxy) is 3. The van der Waals surface area contributed by atoms with Gasteiger partial charge >= 0.3 is 5.97 Å². The van der Waals surface area contributed by atoms with Gasteiger partial charge in [-0.15, -0.1) is 0 Å². The number of fused-ring (bicyclic) bond motifs is 1. The number of piperidine rings is 1. The quantitative estimate of drug-likeness (QED) is 0.202. The molecule has 2 atom stereocenters. The molecule has 4 heterocycles. The van der Waals surface area contributed by atoms with Crippen molar-refractivity contribution in [3.05, 3.63) is 83.1 Å². The Kier molecular flexibility index (Phi) is 8.80. The summed E-state index contributed by atoms with van der Waals surface area (Å²) in [5.41, 5.74) is 3.47. The van der Waals surface area contributed by atoms with Crippen LogP contribution in [0.15, 0.2) is 59.5 Å². The molecule has 12 heteroatoms. The van der Waals surface area contributed by atoms with E-state index < -0.39 is 16.9 Å². The molecule has 0 radical (unpaired) electrons. The Morgan fingerprint density at radius 1 is 1.12 bits per heavy atom. The molecule has 226 valence electrons. The molecule has 43 heavy (non-hydrogen) atoms. The third kappa shape index (κ3) is 6.62. The van der Waals surface area contributed by atoms with Crippen LogP contribution in [0.1, 0.15) is 52.6 Å². The first-order chi connectivity index (χ1) is 20.9. The first kappa shape index (κ1) is 29.4. The fraction of sp³-hybridized carbons (Fsp3) is 0.387. The van der Waals surface area contributed by atoms with Gasteiger partial charge in [0.05, 0.1) is 47.8 Å². The number of methoxy groups -OCH3 is 1. The summed E-state index contributed by atoms with van der Waals surface area (Å²) in [7, 11) is 1.38. The van der Waals surface area contributed by atoms with Crippen molar-refractivity contribution in [1.29, 1.82) is 0 Å². The second-order valence-electron chi connectivity index (χ2n) is 10.9. The standard InChI is InChI=1S/C31H33FN4O6S/c1-40-31(37)21-6-8-27-28(15-21)36(17-23-11-14-41-23)29(33-27)18-35-12-9-20(10-13-35)26-3-2-4-30(34-26)42-19-22-5-7-24(43(38)39)16-25(22)32/h2-8,15-16,20,23H,9-14,17-19H2,1H3,(H,38,39). The largest absolute Gasteiger partial charge is 0.473 e. The van der Waals surface area contributed by atoms with Crippen molar-refractivity contribution in [2.45, 2.75) is 55.9 Å². The van der Waals surface area contributed by atoms with Gasteiger partial charge in [-0.05, 0) is 68.8 Å². The maximum atomic E-state index is 14.3. The molecule has 4 aromatic rings. The molecule has 0 bridgehead atoms. The molecule has 2 aromatic heterocycles. The lowest BCUT2D eigenvalue weighted by Gasteiger charge is -2.32. The number of rotatable bonds is 10. The smallest absolute Gasteiger partial charge is 0.337 e. The van der Waals surface area contributed by atoms with Crippen LogP contribution in [-0.4, -0.2) is 67.1 Å².